The Hall–Kier alpha value is -5.34. The molecule has 0 amide bonds. The zero-order valence-electron chi connectivity index (χ0n) is 27.0. The molecule has 10 nitrogen and oxygen atoms in total. The Morgan fingerprint density at radius 3 is 0.942 bits per heavy atom. The zero-order valence-corrected chi connectivity index (χ0v) is 28.5. The Morgan fingerprint density at radius 1 is 0.308 bits per heavy atom. The molecular formula is C40H28Cl2O10. The van der Waals surface area contributed by atoms with Crippen LogP contribution in [0.25, 0.3) is 67.5 Å². The van der Waals surface area contributed by atoms with Gasteiger partial charge in [0.2, 0.25) is 0 Å². The van der Waals surface area contributed by atoms with Gasteiger partial charge in [0.15, 0.2) is 0 Å². The zero-order chi connectivity index (χ0) is 37.1. The van der Waals surface area contributed by atoms with Crippen molar-refractivity contribution < 1.29 is 66.6 Å². The Morgan fingerprint density at radius 2 is 0.596 bits per heavy atom. The summed E-state index contributed by atoms with van der Waals surface area (Å²) >= 11 is 0. The summed E-state index contributed by atoms with van der Waals surface area (Å²) in [6.45, 7) is 0. The molecule has 0 atom stereocenters. The SMILES string of the molecule is [O-][Cl+3]([O-])([O-])[O-].[O-][Cl+3]([O-])([O-])[O-].c1ccc(-c2cc(-c3c(-c4ccccc4)cc(-c4ccccc4)[o+]c3-c3ccccc3)cc(-c3ccccc3)[o+]2)cc1. The van der Waals surface area contributed by atoms with Crippen LogP contribution in [0.2, 0.25) is 0 Å². The van der Waals surface area contributed by atoms with Gasteiger partial charge in [0.05, 0.1) is 46.0 Å². The van der Waals surface area contributed by atoms with Crippen LogP contribution in [0.5, 0.6) is 0 Å². The predicted molar refractivity (Wildman–Crippen MR) is 172 cm³/mol. The van der Waals surface area contributed by atoms with E-state index in [-0.39, 0.29) is 0 Å². The number of rotatable bonds is 6. The number of hydrogen-bond donors (Lipinski definition) is 0. The molecule has 2 heterocycles. The van der Waals surface area contributed by atoms with Gasteiger partial charge >= 0.3 is 23.0 Å². The van der Waals surface area contributed by atoms with Crippen LogP contribution in [-0.2, 0) is 0 Å². The van der Waals surface area contributed by atoms with E-state index in [0.29, 0.717) is 0 Å². The molecule has 0 bridgehead atoms. The molecule has 0 unspecified atom stereocenters. The first-order valence-corrected chi connectivity index (χ1v) is 17.8. The van der Waals surface area contributed by atoms with Gasteiger partial charge < -0.3 is 0 Å². The predicted octanol–water partition coefficient (Wildman–Crippen LogP) is 1.92. The summed E-state index contributed by atoms with van der Waals surface area (Å²) in [6.07, 6.45) is 0. The van der Waals surface area contributed by atoms with Gasteiger partial charge in [-0.05, 0) is 54.1 Å². The van der Waals surface area contributed by atoms with Crippen LogP contribution in [0.3, 0.4) is 0 Å². The fourth-order valence-corrected chi connectivity index (χ4v) is 5.32. The van der Waals surface area contributed by atoms with Gasteiger partial charge in [0.1, 0.15) is 0 Å². The van der Waals surface area contributed by atoms with Gasteiger partial charge in [0, 0.05) is 11.1 Å². The first-order chi connectivity index (χ1) is 24.8. The van der Waals surface area contributed by atoms with E-state index in [0.717, 1.165) is 67.5 Å². The van der Waals surface area contributed by atoms with Crippen LogP contribution in [0.1, 0.15) is 0 Å². The average Bonchev–Trinajstić information content (AvgIpc) is 3.14. The molecule has 2 aromatic heterocycles. The highest BCUT2D eigenvalue weighted by Crippen LogP contribution is 2.45. The van der Waals surface area contributed by atoms with E-state index < -0.39 is 20.5 Å². The third kappa shape index (κ3) is 11.3. The molecule has 0 radical (unpaired) electrons. The van der Waals surface area contributed by atoms with E-state index in [9.17, 15) is 0 Å². The summed E-state index contributed by atoms with van der Waals surface area (Å²) in [6, 6.07) is 58.1. The molecule has 0 N–H and O–H groups in total. The van der Waals surface area contributed by atoms with E-state index in [4.69, 9.17) is 46.1 Å². The van der Waals surface area contributed by atoms with E-state index in [1.54, 1.807) is 0 Å². The first-order valence-electron chi connectivity index (χ1n) is 15.3. The molecule has 7 aromatic rings. The Kier molecular flexibility index (Phi) is 12.6. The summed E-state index contributed by atoms with van der Waals surface area (Å²) in [5.74, 6) is 3.19. The molecule has 0 fully saturated rings. The molecule has 0 spiro atoms. The average molecular weight is 740 g/mol. The van der Waals surface area contributed by atoms with Gasteiger partial charge in [-0.15, -0.1) is 20.5 Å². The highest BCUT2D eigenvalue weighted by Gasteiger charge is 2.31. The maximum Gasteiger partial charge on any atom is 0.369 e. The smallest absolute Gasteiger partial charge is 0.222 e. The minimum absolute atomic E-state index is 0.789. The van der Waals surface area contributed by atoms with Crippen molar-refractivity contribution in [2.75, 3.05) is 0 Å². The van der Waals surface area contributed by atoms with Crippen molar-refractivity contribution in [3.63, 3.8) is 0 Å². The largest absolute Gasteiger partial charge is 0.369 e. The van der Waals surface area contributed by atoms with Gasteiger partial charge in [-0.3, -0.25) is 0 Å². The maximum absolute atomic E-state index is 8.49. The maximum atomic E-state index is 8.49. The molecule has 7 rings (SSSR count). The molecule has 0 aliphatic rings. The van der Waals surface area contributed by atoms with E-state index in [1.807, 2.05) is 60.7 Å². The monoisotopic (exact) mass is 738 g/mol. The quantitative estimate of drug-likeness (QED) is 0.227. The van der Waals surface area contributed by atoms with Crippen molar-refractivity contribution in [2.45, 2.75) is 0 Å². The fraction of sp³-hybridized carbons (Fsp3) is 0. The van der Waals surface area contributed by atoms with Gasteiger partial charge in [-0.25, -0.2) is 46.1 Å². The highest BCUT2D eigenvalue weighted by atomic mass is 35.7. The van der Waals surface area contributed by atoms with Crippen LogP contribution >= 0.6 is 0 Å². The van der Waals surface area contributed by atoms with Crippen molar-refractivity contribution >= 4 is 0 Å². The topological polar surface area (TPSA) is 207 Å². The van der Waals surface area contributed by atoms with Crippen LogP contribution < -0.4 is 37.3 Å². The lowest BCUT2D eigenvalue weighted by molar-refractivity contribution is -2.00. The van der Waals surface area contributed by atoms with E-state index in [2.05, 4.69) is 109 Å². The summed E-state index contributed by atoms with van der Waals surface area (Å²) in [5.41, 5.74) is 8.28. The van der Waals surface area contributed by atoms with Crippen molar-refractivity contribution in [3.8, 4) is 67.5 Å². The molecular weight excluding hydrogens is 711 g/mol. The normalized spacial score (nSPS) is 11.1. The minimum Gasteiger partial charge on any atom is -0.222 e. The van der Waals surface area contributed by atoms with E-state index in [1.165, 1.54) is 0 Å². The second-order valence-corrected chi connectivity index (χ2v) is 12.4. The molecule has 0 aliphatic carbocycles. The molecule has 12 heteroatoms. The lowest BCUT2D eigenvalue weighted by atomic mass is 9.90. The second-order valence-electron chi connectivity index (χ2n) is 10.9. The van der Waals surface area contributed by atoms with Crippen LogP contribution in [0, 0.1) is 20.5 Å². The summed E-state index contributed by atoms with van der Waals surface area (Å²) < 4.78 is 81.4. The molecule has 262 valence electrons. The van der Waals surface area contributed by atoms with Crippen molar-refractivity contribution in [2.24, 2.45) is 0 Å². The molecule has 0 aliphatic heterocycles. The summed E-state index contributed by atoms with van der Waals surface area (Å²) in [7, 11) is -9.89. The molecule has 0 saturated carbocycles. The minimum atomic E-state index is -4.94. The molecule has 52 heavy (non-hydrogen) atoms. The first kappa shape index (κ1) is 37.9. The van der Waals surface area contributed by atoms with Crippen molar-refractivity contribution in [1.29, 1.82) is 0 Å². The van der Waals surface area contributed by atoms with Crippen LogP contribution in [-0.4, -0.2) is 0 Å². The van der Waals surface area contributed by atoms with Gasteiger partial charge in [-0.1, -0.05) is 103 Å². The Labute approximate surface area is 303 Å². The summed E-state index contributed by atoms with van der Waals surface area (Å²) in [4.78, 5) is 0. The van der Waals surface area contributed by atoms with E-state index >= 15 is 0 Å². The third-order valence-corrected chi connectivity index (χ3v) is 7.36. The standard InChI is InChI=1S/C40H28O2.2ClHO4/c1-6-16-29(17-7-1)35-28-38(32-22-12-4-13-23-32)42-40(33-24-14-5-15-25-33)39(35)34-26-36(30-18-8-2-9-19-30)41-37(27-34)31-20-10-3-11-21-31;2*2-1(3,4)5/h1-28H;2*(H,2,3,4,5)/q+2;;/p-2. The van der Waals surface area contributed by atoms with Gasteiger partial charge in [-0.2, -0.15) is 0 Å². The fourth-order valence-electron chi connectivity index (χ4n) is 5.32. The third-order valence-electron chi connectivity index (χ3n) is 7.36. The Balaban J connectivity index is 0.000000464. The van der Waals surface area contributed by atoms with Crippen molar-refractivity contribution in [3.05, 3.63) is 170 Å². The molecule has 5 aromatic carbocycles. The lowest BCUT2D eigenvalue weighted by Crippen LogP contribution is -2.68. The molecule has 0 saturated heterocycles. The van der Waals surface area contributed by atoms with Crippen molar-refractivity contribution in [1.82, 2.24) is 0 Å². The number of halogens is 2. The van der Waals surface area contributed by atoms with Gasteiger partial charge in [0.25, 0.3) is 0 Å². The summed E-state index contributed by atoms with van der Waals surface area (Å²) in [5, 5.41) is 0. The number of benzene rings is 5. The number of hydrogen-bond acceptors (Lipinski definition) is 8. The Bertz CT molecular complexity index is 2020. The van der Waals surface area contributed by atoms with Crippen LogP contribution in [0.4, 0.5) is 0 Å². The van der Waals surface area contributed by atoms with Crippen LogP contribution in [0.15, 0.2) is 179 Å². The lowest BCUT2D eigenvalue weighted by Gasteiger charge is -2.17. The highest BCUT2D eigenvalue weighted by molar-refractivity contribution is 5.95. The second kappa shape index (κ2) is 17.2.